The highest BCUT2D eigenvalue weighted by atomic mass is 16.5. The van der Waals surface area contributed by atoms with E-state index in [4.69, 9.17) is 9.47 Å². The average molecular weight is 368 g/mol. The third-order valence-electron chi connectivity index (χ3n) is 3.99. The zero-order valence-electron chi connectivity index (χ0n) is 16.5. The van der Waals surface area contributed by atoms with Crippen LogP contribution in [0.1, 0.15) is 49.8 Å². The SMILES string of the molecule is CCCOc1ccc(C=NNC(=O)COc2cc(C(C)C)ccc2C)cc1. The van der Waals surface area contributed by atoms with Gasteiger partial charge in [0.15, 0.2) is 6.61 Å². The third-order valence-corrected chi connectivity index (χ3v) is 3.99. The van der Waals surface area contributed by atoms with Gasteiger partial charge in [-0.2, -0.15) is 5.10 Å². The van der Waals surface area contributed by atoms with Crippen LogP contribution in [0.4, 0.5) is 0 Å². The highest BCUT2D eigenvalue weighted by Crippen LogP contribution is 2.24. The van der Waals surface area contributed by atoms with Gasteiger partial charge in [-0.25, -0.2) is 5.43 Å². The molecule has 2 rings (SSSR count). The van der Waals surface area contributed by atoms with Crippen molar-refractivity contribution in [3.8, 4) is 11.5 Å². The molecule has 5 nitrogen and oxygen atoms in total. The molecule has 0 aliphatic rings. The molecule has 1 N–H and O–H groups in total. The second kappa shape index (κ2) is 10.4. The zero-order chi connectivity index (χ0) is 19.6. The van der Waals surface area contributed by atoms with Crippen molar-refractivity contribution in [2.75, 3.05) is 13.2 Å². The van der Waals surface area contributed by atoms with Gasteiger partial charge in [0.05, 0.1) is 12.8 Å². The number of aryl methyl sites for hydroxylation is 1. The number of ether oxygens (including phenoxy) is 2. The van der Waals surface area contributed by atoms with Gasteiger partial charge in [0.1, 0.15) is 11.5 Å². The number of nitrogens with one attached hydrogen (secondary N) is 1. The number of hydrazone groups is 1. The summed E-state index contributed by atoms with van der Waals surface area (Å²) in [5.74, 6) is 1.65. The van der Waals surface area contributed by atoms with Crippen LogP contribution in [-0.2, 0) is 4.79 Å². The van der Waals surface area contributed by atoms with Crippen LogP contribution in [-0.4, -0.2) is 25.3 Å². The Balaban J connectivity index is 1.82. The molecular formula is C22H28N2O3. The maximum absolute atomic E-state index is 11.9. The van der Waals surface area contributed by atoms with Crippen molar-refractivity contribution in [2.24, 2.45) is 5.10 Å². The summed E-state index contributed by atoms with van der Waals surface area (Å²) in [5.41, 5.74) is 5.54. The molecule has 0 aromatic heterocycles. The largest absolute Gasteiger partial charge is 0.494 e. The fraction of sp³-hybridized carbons (Fsp3) is 0.364. The highest BCUT2D eigenvalue weighted by molar-refractivity contribution is 5.83. The molecule has 0 saturated heterocycles. The number of carbonyl (C=O) groups is 1. The lowest BCUT2D eigenvalue weighted by molar-refractivity contribution is -0.123. The van der Waals surface area contributed by atoms with Crippen LogP contribution < -0.4 is 14.9 Å². The Labute approximate surface area is 161 Å². The Kier molecular flexibility index (Phi) is 7.86. The lowest BCUT2D eigenvalue weighted by atomic mass is 10.0. The van der Waals surface area contributed by atoms with Crippen LogP contribution in [0.2, 0.25) is 0 Å². The monoisotopic (exact) mass is 368 g/mol. The normalized spacial score (nSPS) is 11.0. The standard InChI is InChI=1S/C22H28N2O3/c1-5-12-26-20-10-7-18(8-11-20)14-23-24-22(25)15-27-21-13-19(16(2)3)9-6-17(21)4/h6-11,13-14,16H,5,12,15H2,1-4H3,(H,24,25). The highest BCUT2D eigenvalue weighted by Gasteiger charge is 2.07. The van der Waals surface area contributed by atoms with Crippen molar-refractivity contribution in [3.05, 3.63) is 59.2 Å². The number of amides is 1. The van der Waals surface area contributed by atoms with Crippen molar-refractivity contribution >= 4 is 12.1 Å². The average Bonchev–Trinajstić information content (AvgIpc) is 2.66. The second-order valence-electron chi connectivity index (χ2n) is 6.68. The molecule has 2 aromatic carbocycles. The van der Waals surface area contributed by atoms with Gasteiger partial charge in [-0.15, -0.1) is 0 Å². The fourth-order valence-electron chi connectivity index (χ4n) is 2.36. The van der Waals surface area contributed by atoms with Gasteiger partial charge < -0.3 is 9.47 Å². The van der Waals surface area contributed by atoms with E-state index in [1.54, 1.807) is 6.21 Å². The van der Waals surface area contributed by atoms with Crippen LogP contribution in [0.15, 0.2) is 47.6 Å². The number of carbonyl (C=O) groups excluding carboxylic acids is 1. The predicted octanol–water partition coefficient (Wildman–Crippen LogP) is 4.44. The lowest BCUT2D eigenvalue weighted by Gasteiger charge is -2.12. The first-order valence-corrected chi connectivity index (χ1v) is 9.27. The second-order valence-corrected chi connectivity index (χ2v) is 6.68. The molecule has 144 valence electrons. The van der Waals surface area contributed by atoms with E-state index in [1.165, 1.54) is 5.56 Å². The van der Waals surface area contributed by atoms with Crippen molar-refractivity contribution in [3.63, 3.8) is 0 Å². The van der Waals surface area contributed by atoms with Crippen LogP contribution in [0.25, 0.3) is 0 Å². The van der Waals surface area contributed by atoms with Gasteiger partial charge in [0.2, 0.25) is 0 Å². The Morgan fingerprint density at radius 2 is 1.89 bits per heavy atom. The van der Waals surface area contributed by atoms with E-state index in [0.29, 0.717) is 12.5 Å². The molecule has 0 radical (unpaired) electrons. The van der Waals surface area contributed by atoms with Gasteiger partial charge in [0, 0.05) is 0 Å². The van der Waals surface area contributed by atoms with Gasteiger partial charge in [-0.3, -0.25) is 4.79 Å². The molecule has 0 unspecified atom stereocenters. The van der Waals surface area contributed by atoms with Crippen LogP contribution in [0.3, 0.4) is 0 Å². The number of benzene rings is 2. The molecular weight excluding hydrogens is 340 g/mol. The maximum Gasteiger partial charge on any atom is 0.277 e. The minimum absolute atomic E-state index is 0.0798. The van der Waals surface area contributed by atoms with Crippen molar-refractivity contribution in [2.45, 2.75) is 40.0 Å². The molecule has 0 bridgehead atoms. The van der Waals surface area contributed by atoms with Gasteiger partial charge in [-0.1, -0.05) is 32.9 Å². The number of rotatable bonds is 9. The predicted molar refractivity (Wildman–Crippen MR) is 109 cm³/mol. The maximum atomic E-state index is 11.9. The summed E-state index contributed by atoms with van der Waals surface area (Å²) in [5, 5.41) is 3.97. The van der Waals surface area contributed by atoms with Crippen molar-refractivity contribution in [1.29, 1.82) is 0 Å². The van der Waals surface area contributed by atoms with Gasteiger partial charge >= 0.3 is 0 Å². The summed E-state index contributed by atoms with van der Waals surface area (Å²) in [6.07, 6.45) is 2.56. The van der Waals surface area contributed by atoms with Crippen molar-refractivity contribution in [1.82, 2.24) is 5.43 Å². The minimum Gasteiger partial charge on any atom is -0.494 e. The number of hydrogen-bond donors (Lipinski definition) is 1. The summed E-state index contributed by atoms with van der Waals surface area (Å²) in [7, 11) is 0. The van der Waals surface area contributed by atoms with E-state index in [1.807, 2.05) is 43.3 Å². The molecule has 0 spiro atoms. The fourth-order valence-corrected chi connectivity index (χ4v) is 2.36. The van der Waals surface area contributed by atoms with E-state index in [2.05, 4.69) is 37.4 Å². The van der Waals surface area contributed by atoms with E-state index < -0.39 is 0 Å². The first-order valence-electron chi connectivity index (χ1n) is 9.27. The molecule has 2 aromatic rings. The molecule has 0 aliphatic carbocycles. The molecule has 0 heterocycles. The van der Waals surface area contributed by atoms with Crippen LogP contribution in [0, 0.1) is 6.92 Å². The van der Waals surface area contributed by atoms with E-state index in [9.17, 15) is 4.79 Å². The third kappa shape index (κ3) is 6.77. The molecule has 0 saturated carbocycles. The first-order chi connectivity index (χ1) is 13.0. The molecule has 1 amide bonds. The van der Waals surface area contributed by atoms with E-state index in [-0.39, 0.29) is 12.5 Å². The smallest absolute Gasteiger partial charge is 0.277 e. The van der Waals surface area contributed by atoms with Crippen LogP contribution in [0.5, 0.6) is 11.5 Å². The van der Waals surface area contributed by atoms with Crippen LogP contribution >= 0.6 is 0 Å². The topological polar surface area (TPSA) is 59.9 Å². The Morgan fingerprint density at radius 3 is 2.56 bits per heavy atom. The quantitative estimate of drug-likeness (QED) is 0.526. The lowest BCUT2D eigenvalue weighted by Crippen LogP contribution is -2.24. The summed E-state index contributed by atoms with van der Waals surface area (Å²) in [6.45, 7) is 8.89. The molecule has 0 aliphatic heterocycles. The number of hydrogen-bond acceptors (Lipinski definition) is 4. The minimum atomic E-state index is -0.302. The molecule has 0 fully saturated rings. The summed E-state index contributed by atoms with van der Waals surface area (Å²) >= 11 is 0. The molecule has 0 atom stereocenters. The Bertz CT molecular complexity index is 768. The summed E-state index contributed by atoms with van der Waals surface area (Å²) in [4.78, 5) is 11.9. The number of nitrogens with zero attached hydrogens (tertiary/aromatic N) is 1. The Morgan fingerprint density at radius 1 is 1.15 bits per heavy atom. The zero-order valence-corrected chi connectivity index (χ0v) is 16.5. The first kappa shape index (κ1) is 20.5. The van der Waals surface area contributed by atoms with Gasteiger partial charge in [0.25, 0.3) is 5.91 Å². The summed E-state index contributed by atoms with van der Waals surface area (Å²) in [6, 6.07) is 13.6. The molecule has 5 heteroatoms. The Hall–Kier alpha value is -2.82. The summed E-state index contributed by atoms with van der Waals surface area (Å²) < 4.78 is 11.2. The van der Waals surface area contributed by atoms with E-state index >= 15 is 0 Å². The molecule has 27 heavy (non-hydrogen) atoms. The van der Waals surface area contributed by atoms with E-state index in [0.717, 1.165) is 29.0 Å². The van der Waals surface area contributed by atoms with Gasteiger partial charge in [-0.05, 0) is 66.3 Å². The van der Waals surface area contributed by atoms with Crippen molar-refractivity contribution < 1.29 is 14.3 Å².